The molecule has 11 heavy (non-hydrogen) atoms. The Balaban J connectivity index is 2.39. The third-order valence-electron chi connectivity index (χ3n) is 1.77. The minimum absolute atomic E-state index is 0.565. The molecule has 0 heterocycles. The molecule has 0 saturated heterocycles. The van der Waals surface area contributed by atoms with Crippen molar-refractivity contribution in [3.8, 4) is 0 Å². The van der Waals surface area contributed by atoms with Crippen LogP contribution in [0, 0.1) is 0 Å². The number of hydrogen-bond acceptors (Lipinski definition) is 0. The molecule has 0 spiro atoms. The lowest BCUT2D eigenvalue weighted by Gasteiger charge is -2.01. The van der Waals surface area contributed by atoms with Crippen molar-refractivity contribution in [3.05, 3.63) is 35.9 Å². The third kappa shape index (κ3) is 3.19. The number of quaternary nitrogens is 1. The van der Waals surface area contributed by atoms with Crippen LogP contribution in [0.25, 0.3) is 0 Å². The van der Waals surface area contributed by atoms with Crippen LogP contribution in [0.4, 0.5) is 0 Å². The fourth-order valence-corrected chi connectivity index (χ4v) is 1.06. The lowest BCUT2D eigenvalue weighted by atomic mass is 10.1. The summed E-state index contributed by atoms with van der Waals surface area (Å²) in [6, 6.07) is 11.1. The van der Waals surface area contributed by atoms with Gasteiger partial charge in [0.1, 0.15) is 0 Å². The van der Waals surface area contributed by atoms with Gasteiger partial charge in [0.25, 0.3) is 0 Å². The number of rotatable bonds is 3. The SMILES string of the molecule is C[C@@H]([NH3+])CCc1ccccc1. The fourth-order valence-electron chi connectivity index (χ4n) is 1.06. The maximum atomic E-state index is 3.95. The van der Waals surface area contributed by atoms with Crippen molar-refractivity contribution in [2.75, 3.05) is 0 Å². The van der Waals surface area contributed by atoms with Crippen LogP contribution >= 0.6 is 0 Å². The molecule has 0 fully saturated rings. The van der Waals surface area contributed by atoms with Crippen molar-refractivity contribution in [1.29, 1.82) is 0 Å². The summed E-state index contributed by atoms with van der Waals surface area (Å²) in [5.41, 5.74) is 5.37. The van der Waals surface area contributed by atoms with Gasteiger partial charge in [0.05, 0.1) is 6.04 Å². The molecule has 0 aliphatic rings. The van der Waals surface area contributed by atoms with Gasteiger partial charge in [-0.2, -0.15) is 0 Å². The zero-order valence-electron chi connectivity index (χ0n) is 7.09. The highest BCUT2D eigenvalue weighted by atomic mass is 14.6. The normalized spacial score (nSPS) is 12.9. The molecule has 0 radical (unpaired) electrons. The van der Waals surface area contributed by atoms with Crippen LogP contribution in [0.1, 0.15) is 18.9 Å². The maximum absolute atomic E-state index is 3.95. The van der Waals surface area contributed by atoms with Gasteiger partial charge in [0.15, 0.2) is 0 Å². The van der Waals surface area contributed by atoms with Crippen LogP contribution in [-0.4, -0.2) is 6.04 Å². The topological polar surface area (TPSA) is 27.6 Å². The van der Waals surface area contributed by atoms with Crippen LogP contribution in [0.15, 0.2) is 30.3 Å². The molecule has 60 valence electrons. The molecule has 1 atom stereocenters. The Morgan fingerprint density at radius 3 is 2.45 bits per heavy atom. The summed E-state index contributed by atoms with van der Waals surface area (Å²) in [4.78, 5) is 0. The van der Waals surface area contributed by atoms with Gasteiger partial charge >= 0.3 is 0 Å². The average molecular weight is 150 g/mol. The number of hydrogen-bond donors (Lipinski definition) is 1. The molecular formula is C10H16N+. The molecule has 0 unspecified atom stereocenters. The summed E-state index contributed by atoms with van der Waals surface area (Å²) < 4.78 is 0. The van der Waals surface area contributed by atoms with E-state index >= 15 is 0 Å². The fraction of sp³-hybridized carbons (Fsp3) is 0.400. The molecule has 0 aliphatic carbocycles. The van der Waals surface area contributed by atoms with E-state index in [1.807, 2.05) is 0 Å². The van der Waals surface area contributed by atoms with E-state index in [2.05, 4.69) is 43.0 Å². The molecule has 1 aromatic carbocycles. The predicted molar refractivity (Wildman–Crippen MR) is 47.1 cm³/mol. The Bertz CT molecular complexity index is 191. The minimum atomic E-state index is 0.565. The van der Waals surface area contributed by atoms with Gasteiger partial charge in [-0.15, -0.1) is 0 Å². The van der Waals surface area contributed by atoms with Gasteiger partial charge in [-0.05, 0) is 18.9 Å². The number of benzene rings is 1. The molecule has 0 aromatic heterocycles. The lowest BCUT2D eigenvalue weighted by molar-refractivity contribution is -0.415. The van der Waals surface area contributed by atoms with E-state index in [1.165, 1.54) is 12.0 Å². The van der Waals surface area contributed by atoms with Crippen molar-refractivity contribution in [2.45, 2.75) is 25.8 Å². The first-order valence-corrected chi connectivity index (χ1v) is 4.16. The third-order valence-corrected chi connectivity index (χ3v) is 1.77. The van der Waals surface area contributed by atoms with Gasteiger partial charge in [0.2, 0.25) is 0 Å². The van der Waals surface area contributed by atoms with Crippen molar-refractivity contribution in [1.82, 2.24) is 0 Å². The largest absolute Gasteiger partial charge is 0.355 e. The van der Waals surface area contributed by atoms with E-state index in [4.69, 9.17) is 0 Å². The van der Waals surface area contributed by atoms with Crippen molar-refractivity contribution in [3.63, 3.8) is 0 Å². The highest BCUT2D eigenvalue weighted by Crippen LogP contribution is 2.02. The Morgan fingerprint density at radius 2 is 1.91 bits per heavy atom. The summed E-state index contributed by atoms with van der Waals surface area (Å²) in [6.45, 7) is 2.16. The first-order valence-electron chi connectivity index (χ1n) is 4.16. The van der Waals surface area contributed by atoms with Gasteiger partial charge in [0, 0.05) is 6.42 Å². The predicted octanol–water partition coefficient (Wildman–Crippen LogP) is 1.25. The van der Waals surface area contributed by atoms with Gasteiger partial charge in [-0.3, -0.25) is 0 Å². The summed E-state index contributed by atoms with van der Waals surface area (Å²) in [5.74, 6) is 0. The second kappa shape index (κ2) is 4.14. The van der Waals surface area contributed by atoms with E-state index in [9.17, 15) is 0 Å². The van der Waals surface area contributed by atoms with Gasteiger partial charge in [-0.25, -0.2) is 0 Å². The molecule has 0 bridgehead atoms. The summed E-state index contributed by atoms with van der Waals surface area (Å²) >= 11 is 0. The molecule has 1 heteroatoms. The molecule has 3 N–H and O–H groups in total. The standard InChI is InChI=1S/C10H15N/c1-9(11)7-8-10-5-3-2-4-6-10/h2-6,9H,7-8,11H2,1H3/p+1/t9-/m1/s1. The first-order chi connectivity index (χ1) is 5.29. The Morgan fingerprint density at radius 1 is 1.27 bits per heavy atom. The number of aryl methyl sites for hydroxylation is 1. The van der Waals surface area contributed by atoms with Crippen LogP contribution in [0.3, 0.4) is 0 Å². The van der Waals surface area contributed by atoms with Gasteiger partial charge in [-0.1, -0.05) is 30.3 Å². The summed E-state index contributed by atoms with van der Waals surface area (Å²) in [5, 5.41) is 0. The highest BCUT2D eigenvalue weighted by Gasteiger charge is 1.97. The van der Waals surface area contributed by atoms with Crippen LogP contribution in [-0.2, 0) is 6.42 Å². The molecule has 1 nitrogen and oxygen atoms in total. The molecule has 0 saturated carbocycles. The quantitative estimate of drug-likeness (QED) is 0.671. The summed E-state index contributed by atoms with van der Waals surface area (Å²) in [7, 11) is 0. The first kappa shape index (κ1) is 8.28. The minimum Gasteiger partial charge on any atom is -0.355 e. The zero-order valence-corrected chi connectivity index (χ0v) is 7.09. The Hall–Kier alpha value is -0.820. The molecule has 1 rings (SSSR count). The van der Waals surface area contributed by atoms with E-state index in [-0.39, 0.29) is 0 Å². The monoisotopic (exact) mass is 150 g/mol. The van der Waals surface area contributed by atoms with Crippen molar-refractivity contribution >= 4 is 0 Å². The van der Waals surface area contributed by atoms with E-state index < -0.39 is 0 Å². The molecule has 1 aromatic rings. The average Bonchev–Trinajstić information content (AvgIpc) is 2.03. The van der Waals surface area contributed by atoms with Crippen molar-refractivity contribution in [2.24, 2.45) is 0 Å². The Labute approximate surface area is 68.2 Å². The van der Waals surface area contributed by atoms with Crippen LogP contribution in [0.2, 0.25) is 0 Å². The van der Waals surface area contributed by atoms with E-state index in [0.29, 0.717) is 6.04 Å². The van der Waals surface area contributed by atoms with Crippen LogP contribution < -0.4 is 5.73 Å². The zero-order chi connectivity index (χ0) is 8.10. The maximum Gasteiger partial charge on any atom is 0.0818 e. The summed E-state index contributed by atoms with van der Waals surface area (Å²) in [6.07, 6.45) is 2.34. The van der Waals surface area contributed by atoms with Crippen LogP contribution in [0.5, 0.6) is 0 Å². The highest BCUT2D eigenvalue weighted by molar-refractivity contribution is 5.14. The molecule has 0 aliphatic heterocycles. The molecule has 0 amide bonds. The lowest BCUT2D eigenvalue weighted by Crippen LogP contribution is -2.59. The second-order valence-corrected chi connectivity index (χ2v) is 3.13. The van der Waals surface area contributed by atoms with E-state index in [1.54, 1.807) is 0 Å². The van der Waals surface area contributed by atoms with E-state index in [0.717, 1.165) is 6.42 Å². The smallest absolute Gasteiger partial charge is 0.0818 e. The van der Waals surface area contributed by atoms with Gasteiger partial charge < -0.3 is 5.73 Å². The van der Waals surface area contributed by atoms with Crippen molar-refractivity contribution < 1.29 is 5.73 Å². The molecular weight excluding hydrogens is 134 g/mol. The second-order valence-electron chi connectivity index (χ2n) is 3.13. The Kier molecular flexibility index (Phi) is 3.12.